The molecule has 4 aromatic rings. The van der Waals surface area contributed by atoms with Crippen LogP contribution < -0.4 is 10.6 Å². The fourth-order valence-corrected chi connectivity index (χ4v) is 4.25. The minimum atomic E-state index is -0.540. The number of hydrogen-bond donors (Lipinski definition) is 2. The molecule has 0 saturated heterocycles. The van der Waals surface area contributed by atoms with E-state index >= 15 is 0 Å². The van der Waals surface area contributed by atoms with Crippen molar-refractivity contribution in [2.75, 3.05) is 17.7 Å². The van der Waals surface area contributed by atoms with Gasteiger partial charge in [-0.25, -0.2) is 9.78 Å². The van der Waals surface area contributed by atoms with E-state index in [1.807, 2.05) is 28.8 Å². The van der Waals surface area contributed by atoms with E-state index < -0.39 is 5.97 Å². The average Bonchev–Trinajstić information content (AvgIpc) is 3.50. The van der Waals surface area contributed by atoms with Gasteiger partial charge in [0.05, 0.1) is 36.5 Å². The summed E-state index contributed by atoms with van der Waals surface area (Å²) in [6, 6.07) is 14.0. The van der Waals surface area contributed by atoms with Crippen LogP contribution in [0.3, 0.4) is 0 Å². The van der Waals surface area contributed by atoms with E-state index in [9.17, 15) is 9.59 Å². The Morgan fingerprint density at radius 2 is 1.92 bits per heavy atom. The van der Waals surface area contributed by atoms with E-state index in [1.54, 1.807) is 12.3 Å². The average molecular weight is 489 g/mol. The second kappa shape index (κ2) is 11.1. The first-order chi connectivity index (χ1) is 17.4. The van der Waals surface area contributed by atoms with Gasteiger partial charge < -0.3 is 24.4 Å². The third kappa shape index (κ3) is 5.59. The number of anilines is 2. The lowest BCUT2D eigenvalue weighted by molar-refractivity contribution is 0.0589. The molecule has 1 aromatic carbocycles. The summed E-state index contributed by atoms with van der Waals surface area (Å²) in [5.41, 5.74) is 3.69. The highest BCUT2D eigenvalue weighted by molar-refractivity contribution is 6.14. The van der Waals surface area contributed by atoms with Crippen molar-refractivity contribution in [3.63, 3.8) is 0 Å². The summed E-state index contributed by atoms with van der Waals surface area (Å²) in [4.78, 5) is 30.5. The van der Waals surface area contributed by atoms with Crippen molar-refractivity contribution in [3.8, 4) is 0 Å². The van der Waals surface area contributed by atoms with Crippen LogP contribution in [0, 0.1) is 5.92 Å². The zero-order chi connectivity index (χ0) is 25.7. The summed E-state index contributed by atoms with van der Waals surface area (Å²) < 4.78 is 12.0. The minimum Gasteiger partial charge on any atom is -0.472 e. The molecule has 36 heavy (non-hydrogen) atoms. The van der Waals surface area contributed by atoms with Crippen molar-refractivity contribution in [1.82, 2.24) is 9.55 Å². The summed E-state index contributed by atoms with van der Waals surface area (Å²) >= 11 is 0. The van der Waals surface area contributed by atoms with Crippen molar-refractivity contribution in [2.24, 2.45) is 5.92 Å². The van der Waals surface area contributed by atoms with Gasteiger partial charge in [0, 0.05) is 18.0 Å². The van der Waals surface area contributed by atoms with Crippen LogP contribution in [-0.2, 0) is 17.7 Å². The fourth-order valence-electron chi connectivity index (χ4n) is 4.25. The highest BCUT2D eigenvalue weighted by Crippen LogP contribution is 2.34. The maximum absolute atomic E-state index is 12.9. The molecule has 8 nitrogen and oxygen atoms in total. The summed E-state index contributed by atoms with van der Waals surface area (Å²) in [6.07, 6.45) is 6.45. The van der Waals surface area contributed by atoms with Crippen molar-refractivity contribution in [3.05, 3.63) is 78.0 Å². The molecular formula is C28H32N4O4. The molecule has 3 aromatic heterocycles. The first-order valence-corrected chi connectivity index (χ1v) is 12.1. The van der Waals surface area contributed by atoms with E-state index in [-0.39, 0.29) is 23.6 Å². The van der Waals surface area contributed by atoms with Gasteiger partial charge in [-0.2, -0.15) is 0 Å². The number of hydrogen-bond acceptors (Lipinski definition) is 6. The predicted octanol–water partition coefficient (Wildman–Crippen LogP) is 5.76. The van der Waals surface area contributed by atoms with E-state index in [0.717, 1.165) is 18.5 Å². The Morgan fingerprint density at radius 1 is 1.14 bits per heavy atom. The number of nitrogens with one attached hydrogen (secondary N) is 2. The number of nitrogens with zero attached hydrogens (tertiary/aromatic N) is 2. The van der Waals surface area contributed by atoms with Gasteiger partial charge in [-0.3, -0.25) is 4.79 Å². The van der Waals surface area contributed by atoms with Gasteiger partial charge in [0.1, 0.15) is 11.9 Å². The second-order valence-corrected chi connectivity index (χ2v) is 9.35. The van der Waals surface area contributed by atoms with Gasteiger partial charge in [-0.05, 0) is 43.4 Å². The molecule has 4 rings (SSSR count). The largest absolute Gasteiger partial charge is 0.472 e. The topological polar surface area (TPSA) is 98.4 Å². The second-order valence-electron chi connectivity index (χ2n) is 9.35. The number of pyridine rings is 1. The Morgan fingerprint density at radius 3 is 2.58 bits per heavy atom. The molecule has 0 aliphatic heterocycles. The molecule has 1 unspecified atom stereocenters. The van der Waals surface area contributed by atoms with Crippen LogP contribution in [0.4, 0.5) is 11.4 Å². The normalized spacial score (nSPS) is 12.0. The van der Waals surface area contributed by atoms with Gasteiger partial charge in [-0.1, -0.05) is 44.2 Å². The predicted molar refractivity (Wildman–Crippen MR) is 140 cm³/mol. The lowest BCUT2D eigenvalue weighted by Gasteiger charge is -2.15. The quantitative estimate of drug-likeness (QED) is 0.276. The van der Waals surface area contributed by atoms with Gasteiger partial charge >= 0.3 is 5.97 Å². The number of furan rings is 1. The zero-order valence-corrected chi connectivity index (χ0v) is 21.1. The SMILES string of the molecule is COC(=O)c1c(NC(=O)c2ccoc2)c2cc(NC(C)CCc3ccccc3)cnc2n1CC(C)C. The zero-order valence-electron chi connectivity index (χ0n) is 21.1. The van der Waals surface area contributed by atoms with Gasteiger partial charge in [0.25, 0.3) is 5.91 Å². The number of benzene rings is 1. The van der Waals surface area contributed by atoms with E-state index in [2.05, 4.69) is 43.5 Å². The Labute approximate surface area is 210 Å². The maximum atomic E-state index is 12.9. The number of aryl methyl sites for hydroxylation is 1. The highest BCUT2D eigenvalue weighted by atomic mass is 16.5. The van der Waals surface area contributed by atoms with Crippen LogP contribution in [0.25, 0.3) is 11.0 Å². The van der Waals surface area contributed by atoms with Crippen molar-refractivity contribution in [1.29, 1.82) is 0 Å². The molecule has 8 heteroatoms. The maximum Gasteiger partial charge on any atom is 0.356 e. The monoisotopic (exact) mass is 488 g/mol. The van der Waals surface area contributed by atoms with Crippen molar-refractivity contribution in [2.45, 2.75) is 46.2 Å². The molecule has 0 aliphatic rings. The Kier molecular flexibility index (Phi) is 7.73. The molecule has 3 heterocycles. The smallest absolute Gasteiger partial charge is 0.356 e. The van der Waals surface area contributed by atoms with Crippen molar-refractivity contribution >= 4 is 34.3 Å². The number of esters is 1. The number of aromatic nitrogens is 2. The summed E-state index contributed by atoms with van der Waals surface area (Å²) in [6.45, 7) is 6.77. The van der Waals surface area contributed by atoms with Gasteiger partial charge in [-0.15, -0.1) is 0 Å². The van der Waals surface area contributed by atoms with Crippen LogP contribution in [0.1, 0.15) is 53.6 Å². The molecule has 0 spiro atoms. The number of amides is 1. The minimum absolute atomic E-state index is 0.186. The molecule has 1 atom stereocenters. The summed E-state index contributed by atoms with van der Waals surface area (Å²) in [7, 11) is 1.33. The third-order valence-electron chi connectivity index (χ3n) is 5.97. The number of methoxy groups -OCH3 is 1. The molecule has 0 aliphatic carbocycles. The Hall–Kier alpha value is -4.07. The summed E-state index contributed by atoms with van der Waals surface area (Å²) in [5.74, 6) is -0.687. The molecular weight excluding hydrogens is 456 g/mol. The fraction of sp³-hybridized carbons (Fsp3) is 0.321. The number of carbonyl (C=O) groups excluding carboxylic acids is 2. The third-order valence-corrected chi connectivity index (χ3v) is 5.97. The van der Waals surface area contributed by atoms with Crippen LogP contribution in [0.2, 0.25) is 0 Å². The van der Waals surface area contributed by atoms with Crippen LogP contribution in [0.15, 0.2) is 65.6 Å². The molecule has 0 bridgehead atoms. The Bertz CT molecular complexity index is 1330. The number of fused-ring (bicyclic) bond motifs is 1. The molecule has 0 saturated carbocycles. The van der Waals surface area contributed by atoms with Gasteiger partial charge in [0.2, 0.25) is 0 Å². The molecule has 1 amide bonds. The van der Waals surface area contributed by atoms with Crippen LogP contribution >= 0.6 is 0 Å². The van der Waals surface area contributed by atoms with Crippen LogP contribution in [0.5, 0.6) is 0 Å². The lowest BCUT2D eigenvalue weighted by Crippen LogP contribution is -2.18. The standard InChI is InChI=1S/C28H32N4O4/c1-18(2)16-32-25(28(34)35-4)24(31-27(33)21-12-13-36-17-21)23-14-22(15-29-26(23)32)30-19(3)10-11-20-8-6-5-7-9-20/h5-9,12-15,17-19,30H,10-11,16H2,1-4H3,(H,31,33). The molecule has 188 valence electrons. The Balaban J connectivity index is 1.69. The number of ether oxygens (including phenoxy) is 1. The molecule has 2 N–H and O–H groups in total. The summed E-state index contributed by atoms with van der Waals surface area (Å²) in [5, 5.41) is 7.07. The molecule has 0 fully saturated rings. The first kappa shape index (κ1) is 25.0. The van der Waals surface area contributed by atoms with E-state index in [0.29, 0.717) is 28.8 Å². The number of carbonyl (C=O) groups is 2. The lowest BCUT2D eigenvalue weighted by atomic mass is 10.1. The van der Waals surface area contributed by atoms with Gasteiger partial charge in [0.15, 0.2) is 5.69 Å². The number of rotatable bonds is 10. The van der Waals surface area contributed by atoms with Crippen LogP contribution in [-0.4, -0.2) is 34.6 Å². The molecule has 0 radical (unpaired) electrons. The van der Waals surface area contributed by atoms with E-state index in [1.165, 1.54) is 25.2 Å². The van der Waals surface area contributed by atoms with E-state index in [4.69, 9.17) is 14.1 Å². The highest BCUT2D eigenvalue weighted by Gasteiger charge is 2.27. The first-order valence-electron chi connectivity index (χ1n) is 12.1. The van der Waals surface area contributed by atoms with Crippen molar-refractivity contribution < 1.29 is 18.7 Å².